The van der Waals surface area contributed by atoms with Crippen molar-refractivity contribution in [2.75, 3.05) is 32.7 Å². The zero-order chi connectivity index (χ0) is 21.0. The van der Waals surface area contributed by atoms with Crippen molar-refractivity contribution in [3.63, 3.8) is 0 Å². The van der Waals surface area contributed by atoms with E-state index in [0.717, 1.165) is 30.8 Å². The first-order valence-electron chi connectivity index (χ1n) is 10.7. The molecular weight excluding hydrogens is 418 g/mol. The van der Waals surface area contributed by atoms with E-state index >= 15 is 0 Å². The molecule has 162 valence electrons. The first-order chi connectivity index (χ1) is 14.5. The van der Waals surface area contributed by atoms with E-state index in [2.05, 4.69) is 9.62 Å². The lowest BCUT2D eigenvalue weighted by atomic mass is 10.0. The second-order valence-corrected chi connectivity index (χ2v) is 10.8. The quantitative estimate of drug-likeness (QED) is 0.709. The van der Waals surface area contributed by atoms with Gasteiger partial charge in [0.05, 0.1) is 4.90 Å². The maximum Gasteiger partial charge on any atom is 0.253 e. The number of benzene rings is 1. The number of carbonyl (C=O) groups is 1. The van der Waals surface area contributed by atoms with Gasteiger partial charge in [0.25, 0.3) is 5.91 Å². The van der Waals surface area contributed by atoms with Crippen LogP contribution in [-0.4, -0.2) is 62.9 Å². The van der Waals surface area contributed by atoms with Crippen LogP contribution in [0.3, 0.4) is 0 Å². The molecule has 1 aromatic heterocycles. The predicted molar refractivity (Wildman–Crippen MR) is 119 cm³/mol. The lowest BCUT2D eigenvalue weighted by Gasteiger charge is -2.36. The molecule has 0 aliphatic carbocycles. The molecule has 3 heterocycles. The number of thiophene rings is 1. The Morgan fingerprint density at radius 2 is 1.73 bits per heavy atom. The molecule has 0 spiro atoms. The van der Waals surface area contributed by atoms with Crippen molar-refractivity contribution >= 4 is 27.3 Å². The number of piperidine rings is 1. The van der Waals surface area contributed by atoms with Gasteiger partial charge < -0.3 is 9.80 Å². The molecule has 1 aromatic carbocycles. The number of likely N-dealkylation sites (tertiary alicyclic amines) is 2. The number of hydrogen-bond donors (Lipinski definition) is 1. The van der Waals surface area contributed by atoms with E-state index in [1.165, 1.54) is 38.1 Å². The van der Waals surface area contributed by atoms with Crippen molar-refractivity contribution in [3.05, 3.63) is 52.2 Å². The van der Waals surface area contributed by atoms with E-state index < -0.39 is 10.0 Å². The van der Waals surface area contributed by atoms with E-state index in [4.69, 9.17) is 0 Å². The van der Waals surface area contributed by atoms with E-state index in [0.29, 0.717) is 24.6 Å². The monoisotopic (exact) mass is 447 g/mol. The van der Waals surface area contributed by atoms with Crippen molar-refractivity contribution < 1.29 is 13.2 Å². The first kappa shape index (κ1) is 21.5. The first-order valence-corrected chi connectivity index (χ1v) is 13.0. The molecule has 2 aliphatic heterocycles. The second kappa shape index (κ2) is 9.60. The Morgan fingerprint density at radius 3 is 2.37 bits per heavy atom. The molecule has 2 aromatic rings. The third-order valence-corrected chi connectivity index (χ3v) is 8.48. The summed E-state index contributed by atoms with van der Waals surface area (Å²) in [6.45, 7) is 4.27. The molecule has 1 N–H and O–H groups in total. The molecule has 6 nitrogen and oxygen atoms in total. The summed E-state index contributed by atoms with van der Waals surface area (Å²) in [6.07, 6.45) is 5.29. The fourth-order valence-electron chi connectivity index (χ4n) is 4.35. The zero-order valence-corrected chi connectivity index (χ0v) is 18.8. The highest BCUT2D eigenvalue weighted by Crippen LogP contribution is 2.22. The molecule has 0 atom stereocenters. The number of sulfonamides is 1. The number of nitrogens with one attached hydrogen (secondary N) is 1. The summed E-state index contributed by atoms with van der Waals surface area (Å²) in [5.41, 5.74) is 0.548. The van der Waals surface area contributed by atoms with Crippen molar-refractivity contribution in [3.8, 4) is 0 Å². The number of carbonyl (C=O) groups excluding carboxylic acids is 1. The van der Waals surface area contributed by atoms with E-state index in [9.17, 15) is 13.2 Å². The van der Waals surface area contributed by atoms with Gasteiger partial charge in [-0.2, -0.15) is 0 Å². The Morgan fingerprint density at radius 1 is 1.03 bits per heavy atom. The van der Waals surface area contributed by atoms with Crippen molar-refractivity contribution in [2.45, 2.75) is 43.0 Å². The molecule has 2 fully saturated rings. The van der Waals surface area contributed by atoms with Gasteiger partial charge in [-0.15, -0.1) is 11.3 Å². The summed E-state index contributed by atoms with van der Waals surface area (Å²) in [4.78, 5) is 18.6. The zero-order valence-electron chi connectivity index (χ0n) is 17.1. The van der Waals surface area contributed by atoms with E-state index in [-0.39, 0.29) is 10.8 Å². The van der Waals surface area contributed by atoms with Gasteiger partial charge in [-0.3, -0.25) is 4.79 Å². The minimum atomic E-state index is -3.57. The molecule has 2 saturated heterocycles. The Labute approximate surface area is 182 Å². The van der Waals surface area contributed by atoms with Gasteiger partial charge in [-0.25, -0.2) is 13.1 Å². The third-order valence-electron chi connectivity index (χ3n) is 6.06. The van der Waals surface area contributed by atoms with Gasteiger partial charge >= 0.3 is 0 Å². The van der Waals surface area contributed by atoms with Gasteiger partial charge in [0.15, 0.2) is 0 Å². The van der Waals surface area contributed by atoms with Gasteiger partial charge in [0, 0.05) is 36.1 Å². The van der Waals surface area contributed by atoms with Crippen LogP contribution in [0, 0.1) is 0 Å². The molecule has 2 aliphatic rings. The fraction of sp³-hybridized carbons (Fsp3) is 0.500. The molecule has 0 saturated carbocycles. The summed E-state index contributed by atoms with van der Waals surface area (Å²) < 4.78 is 27.6. The number of rotatable bonds is 7. The summed E-state index contributed by atoms with van der Waals surface area (Å²) in [5.74, 6) is -0.00975. The van der Waals surface area contributed by atoms with Crippen LogP contribution in [0.4, 0.5) is 0 Å². The summed E-state index contributed by atoms with van der Waals surface area (Å²) in [6, 6.07) is 10.9. The van der Waals surface area contributed by atoms with Crippen molar-refractivity contribution in [1.29, 1.82) is 0 Å². The van der Waals surface area contributed by atoms with Gasteiger partial charge in [-0.1, -0.05) is 6.07 Å². The molecule has 8 heteroatoms. The summed E-state index contributed by atoms with van der Waals surface area (Å²) in [5, 5.41) is 1.98. The molecule has 0 bridgehead atoms. The van der Waals surface area contributed by atoms with Crippen LogP contribution in [0.5, 0.6) is 0 Å². The SMILES string of the molecule is O=C(c1ccc(S(=O)(=O)NCCc2cccs2)cc1)N1CCC(N2CCCC2)CC1. The largest absolute Gasteiger partial charge is 0.339 e. The minimum Gasteiger partial charge on any atom is -0.339 e. The van der Waals surface area contributed by atoms with E-state index in [1.54, 1.807) is 23.5 Å². The van der Waals surface area contributed by atoms with Crippen LogP contribution in [0.25, 0.3) is 0 Å². The van der Waals surface area contributed by atoms with Crippen LogP contribution >= 0.6 is 11.3 Å². The van der Waals surface area contributed by atoms with Crippen LogP contribution in [0.1, 0.15) is 40.9 Å². The predicted octanol–water partition coefficient (Wildman–Crippen LogP) is 2.97. The molecule has 0 radical (unpaired) electrons. The lowest BCUT2D eigenvalue weighted by molar-refractivity contribution is 0.0644. The Hall–Kier alpha value is -1.74. The number of nitrogens with zero attached hydrogens (tertiary/aromatic N) is 2. The summed E-state index contributed by atoms with van der Waals surface area (Å²) >= 11 is 1.62. The average Bonchev–Trinajstić information content (AvgIpc) is 3.48. The van der Waals surface area contributed by atoms with Gasteiger partial charge in [-0.05, 0) is 80.9 Å². The topological polar surface area (TPSA) is 69.7 Å². The van der Waals surface area contributed by atoms with Crippen LogP contribution < -0.4 is 4.72 Å². The third kappa shape index (κ3) is 5.11. The smallest absolute Gasteiger partial charge is 0.253 e. The lowest BCUT2D eigenvalue weighted by Crippen LogP contribution is -2.45. The molecule has 30 heavy (non-hydrogen) atoms. The Kier molecular flexibility index (Phi) is 6.87. The van der Waals surface area contributed by atoms with Crippen LogP contribution in [-0.2, 0) is 16.4 Å². The highest BCUT2D eigenvalue weighted by molar-refractivity contribution is 7.89. The van der Waals surface area contributed by atoms with Gasteiger partial charge in [0.1, 0.15) is 0 Å². The average molecular weight is 448 g/mol. The van der Waals surface area contributed by atoms with Crippen molar-refractivity contribution in [1.82, 2.24) is 14.5 Å². The normalized spacial score (nSPS) is 18.7. The Balaban J connectivity index is 1.30. The number of hydrogen-bond acceptors (Lipinski definition) is 5. The second-order valence-electron chi connectivity index (χ2n) is 8.02. The minimum absolute atomic E-state index is 0.00975. The van der Waals surface area contributed by atoms with Crippen molar-refractivity contribution in [2.24, 2.45) is 0 Å². The molecule has 1 amide bonds. The highest BCUT2D eigenvalue weighted by atomic mass is 32.2. The van der Waals surface area contributed by atoms with Gasteiger partial charge in [0.2, 0.25) is 10.0 Å². The number of amides is 1. The standard InChI is InChI=1S/C22H29N3O3S2/c26-22(25-15-10-19(11-16-25)24-13-1-2-14-24)18-5-7-21(8-6-18)30(27,28)23-12-9-20-4-3-17-29-20/h3-8,17,19,23H,1-2,9-16H2. The molecule has 4 rings (SSSR count). The Bertz CT molecular complexity index is 929. The van der Waals surface area contributed by atoms with E-state index in [1.807, 2.05) is 22.4 Å². The fourth-order valence-corrected chi connectivity index (χ4v) is 6.09. The molecule has 0 unspecified atom stereocenters. The van der Waals surface area contributed by atoms with Crippen LogP contribution in [0.15, 0.2) is 46.7 Å². The summed E-state index contributed by atoms with van der Waals surface area (Å²) in [7, 11) is -3.57. The highest BCUT2D eigenvalue weighted by Gasteiger charge is 2.28. The maximum absolute atomic E-state index is 12.8. The maximum atomic E-state index is 12.8. The van der Waals surface area contributed by atoms with Crippen LogP contribution in [0.2, 0.25) is 0 Å². The molecular formula is C22H29N3O3S2.